The van der Waals surface area contributed by atoms with Crippen molar-refractivity contribution in [1.82, 2.24) is 14.3 Å². The summed E-state index contributed by atoms with van der Waals surface area (Å²) < 4.78 is 34.3. The van der Waals surface area contributed by atoms with Crippen LogP contribution < -0.4 is 10.2 Å². The van der Waals surface area contributed by atoms with Crippen molar-refractivity contribution in [2.75, 3.05) is 29.9 Å². The number of allylic oxidation sites excluding steroid dienone is 2. The van der Waals surface area contributed by atoms with E-state index < -0.39 is 17.7 Å². The van der Waals surface area contributed by atoms with Crippen LogP contribution in [0.25, 0.3) is 0 Å². The number of carbonyl (C=O) groups is 2. The minimum absolute atomic E-state index is 0.0757. The summed E-state index contributed by atoms with van der Waals surface area (Å²) in [6.45, 7) is 11.9. The van der Waals surface area contributed by atoms with E-state index in [4.69, 9.17) is 4.98 Å². The average Bonchev–Trinajstić information content (AvgIpc) is 3.38. The van der Waals surface area contributed by atoms with Crippen molar-refractivity contribution in [3.8, 4) is 0 Å². The van der Waals surface area contributed by atoms with Gasteiger partial charge in [0, 0.05) is 49.0 Å². The highest BCUT2D eigenvalue weighted by Gasteiger charge is 2.36. The maximum atomic E-state index is 14.9. The zero-order valence-electron chi connectivity index (χ0n) is 22.8. The Morgan fingerprint density at radius 3 is 2.39 bits per heavy atom. The minimum atomic E-state index is -0.796. The number of piperidine rings is 2. The number of likely N-dealkylation sites (tertiary alicyclic amines) is 1. The fraction of sp³-hybridized carbons (Fsp3) is 0.571. The lowest BCUT2D eigenvalue weighted by Crippen LogP contribution is -2.54. The second-order valence-corrected chi connectivity index (χ2v) is 12.0. The van der Waals surface area contributed by atoms with Crippen LogP contribution in [0.4, 0.5) is 19.6 Å². The Hall–Kier alpha value is -2.88. The normalized spacial score (nSPS) is 19.7. The smallest absolute Gasteiger partial charge is 0.245 e. The predicted molar refractivity (Wildman–Crippen MR) is 147 cm³/mol. The molecule has 0 aliphatic carbocycles. The van der Waals surface area contributed by atoms with Crippen LogP contribution >= 0.6 is 11.5 Å². The molecule has 0 spiro atoms. The van der Waals surface area contributed by atoms with Crippen LogP contribution in [-0.2, 0) is 21.4 Å². The first-order chi connectivity index (χ1) is 18.0. The number of Topliss-reactive ketones (excluding diaryl/α,β-unsaturated/α-hetero) is 1. The minimum Gasteiger partial charge on any atom is -0.369 e. The molecule has 7 nitrogen and oxygen atoms in total. The molecule has 3 heterocycles. The molecule has 38 heavy (non-hydrogen) atoms. The van der Waals surface area contributed by atoms with Gasteiger partial charge in [0.15, 0.2) is 5.78 Å². The summed E-state index contributed by atoms with van der Waals surface area (Å²) >= 11 is 1.41. The number of halogens is 2. The van der Waals surface area contributed by atoms with E-state index in [0.717, 1.165) is 43.3 Å². The van der Waals surface area contributed by atoms with Gasteiger partial charge in [-0.3, -0.25) is 9.59 Å². The second-order valence-electron chi connectivity index (χ2n) is 11.2. The number of anilines is 2. The Kier molecular flexibility index (Phi) is 8.49. The molecule has 0 bridgehead atoms. The van der Waals surface area contributed by atoms with Gasteiger partial charge in [0.1, 0.15) is 29.2 Å². The van der Waals surface area contributed by atoms with Crippen molar-refractivity contribution in [3.63, 3.8) is 0 Å². The van der Waals surface area contributed by atoms with Crippen molar-refractivity contribution in [1.29, 1.82) is 0 Å². The first-order valence-corrected chi connectivity index (χ1v) is 14.1. The Bertz CT molecular complexity index is 1190. The molecule has 0 radical (unpaired) electrons. The number of benzene rings is 1. The zero-order chi connectivity index (χ0) is 27.6. The molecular formula is C28H37F2N5O2S. The first-order valence-electron chi connectivity index (χ1n) is 13.3. The molecule has 2 aliphatic heterocycles. The Morgan fingerprint density at radius 1 is 1.16 bits per heavy atom. The summed E-state index contributed by atoms with van der Waals surface area (Å²) in [6.07, 6.45) is 4.48. The number of nitrogens with zero attached hydrogens (tertiary/aromatic N) is 4. The number of aromatic nitrogens is 2. The fourth-order valence-electron chi connectivity index (χ4n) is 4.94. The molecule has 1 aromatic heterocycles. The van der Waals surface area contributed by atoms with Crippen molar-refractivity contribution < 1.29 is 18.4 Å². The topological polar surface area (TPSA) is 78.4 Å². The summed E-state index contributed by atoms with van der Waals surface area (Å²) in [7, 11) is 0. The number of hydrogen-bond donors (Lipinski definition) is 1. The van der Waals surface area contributed by atoms with E-state index >= 15 is 0 Å². The van der Waals surface area contributed by atoms with Gasteiger partial charge in [-0.1, -0.05) is 26.8 Å². The van der Waals surface area contributed by atoms with Gasteiger partial charge in [0.25, 0.3) is 0 Å². The monoisotopic (exact) mass is 545 g/mol. The molecule has 1 unspecified atom stereocenters. The number of rotatable bonds is 7. The van der Waals surface area contributed by atoms with E-state index in [1.165, 1.54) is 23.7 Å². The van der Waals surface area contributed by atoms with Gasteiger partial charge in [0.05, 0.1) is 0 Å². The van der Waals surface area contributed by atoms with Crippen LogP contribution in [0.2, 0.25) is 0 Å². The van der Waals surface area contributed by atoms with E-state index in [1.807, 2.05) is 4.90 Å². The van der Waals surface area contributed by atoms with E-state index in [2.05, 4.69) is 35.4 Å². The molecule has 10 heteroatoms. The largest absolute Gasteiger partial charge is 0.369 e. The number of amides is 1. The molecule has 0 saturated carbocycles. The fourth-order valence-corrected chi connectivity index (χ4v) is 5.85. The molecule has 2 aliphatic rings. The zero-order valence-corrected chi connectivity index (χ0v) is 23.6. The third-order valence-electron chi connectivity index (χ3n) is 7.39. The van der Waals surface area contributed by atoms with Gasteiger partial charge in [0.2, 0.25) is 11.0 Å². The number of ketones is 1. The van der Waals surface area contributed by atoms with Crippen LogP contribution in [0.5, 0.6) is 0 Å². The lowest BCUT2D eigenvalue weighted by molar-refractivity contribution is -0.137. The second kappa shape index (κ2) is 11.5. The van der Waals surface area contributed by atoms with Gasteiger partial charge in [-0.2, -0.15) is 4.37 Å². The van der Waals surface area contributed by atoms with Crippen LogP contribution in [0.15, 0.2) is 23.8 Å². The summed E-state index contributed by atoms with van der Waals surface area (Å²) in [5.41, 5.74) is 0.400. The van der Waals surface area contributed by atoms with Gasteiger partial charge in [-0.05, 0) is 62.8 Å². The van der Waals surface area contributed by atoms with Gasteiger partial charge in [-0.25, -0.2) is 13.8 Å². The lowest BCUT2D eigenvalue weighted by Gasteiger charge is -2.42. The van der Waals surface area contributed by atoms with Crippen molar-refractivity contribution in [3.05, 3.63) is 46.8 Å². The molecule has 1 N–H and O–H groups in total. The molecule has 2 aromatic rings. The lowest BCUT2D eigenvalue weighted by atomic mass is 9.96. The molecule has 1 amide bonds. The van der Waals surface area contributed by atoms with E-state index in [0.29, 0.717) is 18.5 Å². The van der Waals surface area contributed by atoms with Crippen LogP contribution in [0.1, 0.15) is 71.7 Å². The van der Waals surface area contributed by atoms with Crippen molar-refractivity contribution in [2.24, 2.45) is 0 Å². The molecule has 1 atom stereocenters. The van der Waals surface area contributed by atoms with E-state index in [-0.39, 0.29) is 40.8 Å². The van der Waals surface area contributed by atoms with Crippen LogP contribution in [0.3, 0.4) is 0 Å². The van der Waals surface area contributed by atoms with Gasteiger partial charge < -0.3 is 15.1 Å². The molecule has 2 fully saturated rings. The van der Waals surface area contributed by atoms with Crippen LogP contribution in [0, 0.1) is 11.6 Å². The maximum Gasteiger partial charge on any atom is 0.245 e. The Morgan fingerprint density at radius 2 is 1.82 bits per heavy atom. The summed E-state index contributed by atoms with van der Waals surface area (Å²) in [5, 5.41) is 3.75. The quantitative estimate of drug-likeness (QED) is 0.478. The summed E-state index contributed by atoms with van der Waals surface area (Å²) in [4.78, 5) is 34.3. The van der Waals surface area contributed by atoms with Gasteiger partial charge >= 0.3 is 0 Å². The number of nitrogens with one attached hydrogen (secondary N) is 1. The predicted octanol–water partition coefficient (Wildman–Crippen LogP) is 5.26. The Labute approximate surface area is 227 Å². The highest BCUT2D eigenvalue weighted by Crippen LogP contribution is 2.30. The third-order valence-corrected chi connectivity index (χ3v) is 8.17. The summed E-state index contributed by atoms with van der Waals surface area (Å²) in [5.74, 6) is -1.06. The SMILES string of the molecule is C/C=C(\C)C(=O)Cc1cc(F)c(NC2CCCN(C3CCN(c4nc(C(C)(C)C)ns4)CC3)C2=O)c(F)c1. The molecule has 2 saturated heterocycles. The number of hydrogen-bond acceptors (Lipinski definition) is 7. The molecule has 4 rings (SSSR count). The standard InChI is InChI=1S/C28H37F2N5O2S/c1-6-17(2)23(36)16-18-14-20(29)24(21(30)15-18)31-22-8-7-11-35(25(22)37)19-9-12-34(13-10-19)27-32-26(33-38-27)28(3,4)5/h6,14-15,19,22,31H,7-13,16H2,1-5H3/b17-6+. The maximum absolute atomic E-state index is 14.9. The number of carbonyl (C=O) groups excluding carboxylic acids is 2. The highest BCUT2D eigenvalue weighted by atomic mass is 32.1. The van der Waals surface area contributed by atoms with Crippen LogP contribution in [-0.4, -0.2) is 57.7 Å². The molecule has 206 valence electrons. The highest BCUT2D eigenvalue weighted by molar-refractivity contribution is 7.09. The van der Waals surface area contributed by atoms with Gasteiger partial charge in [-0.15, -0.1) is 0 Å². The first kappa shape index (κ1) is 28.1. The molecule has 1 aromatic carbocycles. The van der Waals surface area contributed by atoms with Crippen molar-refractivity contribution in [2.45, 2.75) is 84.2 Å². The summed E-state index contributed by atoms with van der Waals surface area (Å²) in [6, 6.07) is 1.73. The van der Waals surface area contributed by atoms with E-state index in [1.54, 1.807) is 19.9 Å². The molecular weight excluding hydrogens is 508 g/mol. The third kappa shape index (κ3) is 6.22. The average molecular weight is 546 g/mol. The Balaban J connectivity index is 1.38. The van der Waals surface area contributed by atoms with E-state index in [9.17, 15) is 18.4 Å². The van der Waals surface area contributed by atoms with Crippen molar-refractivity contribution >= 4 is 34.0 Å².